The van der Waals surface area contributed by atoms with E-state index in [1.165, 1.54) is 24.3 Å². The summed E-state index contributed by atoms with van der Waals surface area (Å²) >= 11 is 0. The predicted molar refractivity (Wildman–Crippen MR) is 90.3 cm³/mol. The van der Waals surface area contributed by atoms with E-state index in [-0.39, 0.29) is 18.1 Å². The summed E-state index contributed by atoms with van der Waals surface area (Å²) in [6.07, 6.45) is 0. The topological polar surface area (TPSA) is 85.9 Å². The number of amides is 1. The molecule has 0 aliphatic carbocycles. The van der Waals surface area contributed by atoms with Gasteiger partial charge in [-0.2, -0.15) is 0 Å². The van der Waals surface area contributed by atoms with Crippen LogP contribution in [0, 0.1) is 10.1 Å². The van der Waals surface area contributed by atoms with E-state index < -0.39 is 4.92 Å². The molecule has 2 rings (SSSR count). The summed E-state index contributed by atoms with van der Waals surface area (Å²) in [6, 6.07) is 15.3. The molecule has 0 heterocycles. The Kier molecular flexibility index (Phi) is 6.27. The van der Waals surface area contributed by atoms with Gasteiger partial charge in [0.15, 0.2) is 6.54 Å². The first-order chi connectivity index (χ1) is 11.5. The van der Waals surface area contributed by atoms with Crippen LogP contribution in [-0.4, -0.2) is 37.6 Å². The zero-order valence-corrected chi connectivity index (χ0v) is 13.4. The van der Waals surface area contributed by atoms with Gasteiger partial charge in [0.25, 0.3) is 11.6 Å². The Labute approximate surface area is 140 Å². The highest BCUT2D eigenvalue weighted by molar-refractivity contribution is 5.91. The molecule has 0 radical (unpaired) electrons. The van der Waals surface area contributed by atoms with Crippen molar-refractivity contribution < 1.29 is 19.4 Å². The van der Waals surface area contributed by atoms with E-state index in [1.807, 2.05) is 37.4 Å². The molecule has 1 amide bonds. The number of carbonyl (C=O) groups is 1. The van der Waals surface area contributed by atoms with Gasteiger partial charge in [-0.15, -0.1) is 0 Å². The van der Waals surface area contributed by atoms with E-state index in [4.69, 9.17) is 4.74 Å². The number of quaternary nitrogens is 1. The van der Waals surface area contributed by atoms with Crippen LogP contribution in [0.25, 0.3) is 0 Å². The van der Waals surface area contributed by atoms with Gasteiger partial charge in [-0.1, -0.05) is 18.2 Å². The fraction of sp³-hybridized carbons (Fsp3) is 0.235. The van der Waals surface area contributed by atoms with Crippen LogP contribution in [0.4, 0.5) is 11.4 Å². The number of anilines is 1. The second-order valence-electron chi connectivity index (χ2n) is 5.40. The zero-order valence-electron chi connectivity index (χ0n) is 13.4. The Bertz CT molecular complexity index is 674. The van der Waals surface area contributed by atoms with E-state index in [2.05, 4.69) is 5.32 Å². The molecular weight excluding hydrogens is 310 g/mol. The van der Waals surface area contributed by atoms with E-state index in [0.29, 0.717) is 18.8 Å². The van der Waals surface area contributed by atoms with Gasteiger partial charge in [-0.3, -0.25) is 14.9 Å². The second-order valence-corrected chi connectivity index (χ2v) is 5.40. The fourth-order valence-corrected chi connectivity index (χ4v) is 2.09. The molecular formula is C17H20N3O4+. The lowest BCUT2D eigenvalue weighted by Gasteiger charge is -2.14. The molecule has 2 N–H and O–H groups in total. The summed E-state index contributed by atoms with van der Waals surface area (Å²) in [6.45, 7) is 1.48. The maximum absolute atomic E-state index is 12.0. The molecule has 0 saturated heterocycles. The van der Waals surface area contributed by atoms with Crippen molar-refractivity contribution in [3.8, 4) is 5.75 Å². The van der Waals surface area contributed by atoms with Gasteiger partial charge in [0.2, 0.25) is 0 Å². The minimum absolute atomic E-state index is 0.00574. The largest absolute Gasteiger partial charge is 0.488 e. The molecule has 2 aromatic carbocycles. The smallest absolute Gasteiger partial charge is 0.279 e. The molecule has 0 fully saturated rings. The van der Waals surface area contributed by atoms with Gasteiger partial charge in [0, 0.05) is 17.8 Å². The number of nitro benzene ring substituents is 1. The van der Waals surface area contributed by atoms with Crippen molar-refractivity contribution in [3.63, 3.8) is 0 Å². The van der Waals surface area contributed by atoms with Crippen molar-refractivity contribution in [2.75, 3.05) is 32.1 Å². The lowest BCUT2D eigenvalue weighted by Crippen LogP contribution is -3.10. The molecule has 2 aromatic rings. The summed E-state index contributed by atoms with van der Waals surface area (Å²) in [7, 11) is 1.91. The zero-order chi connectivity index (χ0) is 17.4. The number of likely N-dealkylation sites (N-methyl/N-ethyl adjacent to an activating group) is 1. The minimum Gasteiger partial charge on any atom is -0.488 e. The third kappa shape index (κ3) is 5.69. The van der Waals surface area contributed by atoms with Gasteiger partial charge in [0.1, 0.15) is 18.9 Å². The quantitative estimate of drug-likeness (QED) is 0.561. The van der Waals surface area contributed by atoms with Crippen LogP contribution in [-0.2, 0) is 4.79 Å². The predicted octanol–water partition coefficient (Wildman–Crippen LogP) is 1.13. The molecule has 24 heavy (non-hydrogen) atoms. The molecule has 0 bridgehead atoms. The van der Waals surface area contributed by atoms with E-state index in [0.717, 1.165) is 10.6 Å². The average Bonchev–Trinajstić information content (AvgIpc) is 2.56. The standard InChI is InChI=1S/C17H19N3O4/c1-19(11-12-24-16-5-3-2-4-6-16)13-17(21)18-14-7-9-15(10-8-14)20(22)23/h2-10H,11-13H2,1H3,(H,18,21)/p+1. The first kappa shape index (κ1) is 17.4. The van der Waals surface area contributed by atoms with Crippen molar-refractivity contribution in [2.45, 2.75) is 0 Å². The summed E-state index contributed by atoms with van der Waals surface area (Å²) < 4.78 is 5.60. The van der Waals surface area contributed by atoms with Gasteiger partial charge < -0.3 is 15.0 Å². The van der Waals surface area contributed by atoms with Crippen molar-refractivity contribution in [3.05, 3.63) is 64.7 Å². The SMILES string of the molecule is C[NH+](CCOc1ccccc1)CC(=O)Nc1ccc([N+](=O)[O-])cc1. The van der Waals surface area contributed by atoms with E-state index in [1.54, 1.807) is 0 Å². The first-order valence-corrected chi connectivity index (χ1v) is 7.58. The van der Waals surface area contributed by atoms with Crippen LogP contribution in [0.3, 0.4) is 0 Å². The van der Waals surface area contributed by atoms with Crippen molar-refractivity contribution in [2.24, 2.45) is 0 Å². The van der Waals surface area contributed by atoms with E-state index >= 15 is 0 Å². The van der Waals surface area contributed by atoms with Crippen molar-refractivity contribution in [1.82, 2.24) is 0 Å². The van der Waals surface area contributed by atoms with Gasteiger partial charge in [0.05, 0.1) is 12.0 Å². The van der Waals surface area contributed by atoms with Crippen LogP contribution < -0.4 is 15.0 Å². The van der Waals surface area contributed by atoms with Crippen LogP contribution in [0.1, 0.15) is 0 Å². The molecule has 7 heteroatoms. The number of hydrogen-bond donors (Lipinski definition) is 2. The maximum atomic E-state index is 12.0. The number of nitrogens with one attached hydrogen (secondary N) is 2. The number of non-ortho nitro benzene ring substituents is 1. The number of rotatable bonds is 8. The van der Waals surface area contributed by atoms with E-state index in [9.17, 15) is 14.9 Å². The monoisotopic (exact) mass is 330 g/mol. The molecule has 7 nitrogen and oxygen atoms in total. The molecule has 0 aliphatic heterocycles. The van der Waals surface area contributed by atoms with Gasteiger partial charge in [-0.25, -0.2) is 0 Å². The summed E-state index contributed by atoms with van der Waals surface area (Å²) in [5.74, 6) is 0.654. The van der Waals surface area contributed by atoms with Crippen molar-refractivity contribution in [1.29, 1.82) is 0 Å². The third-order valence-corrected chi connectivity index (χ3v) is 3.36. The Morgan fingerprint density at radius 2 is 1.83 bits per heavy atom. The minimum atomic E-state index is -0.476. The summed E-state index contributed by atoms with van der Waals surface area (Å²) in [5, 5.41) is 13.3. The number of benzene rings is 2. The summed E-state index contributed by atoms with van der Waals surface area (Å²) in [4.78, 5) is 23.1. The highest BCUT2D eigenvalue weighted by atomic mass is 16.6. The lowest BCUT2D eigenvalue weighted by molar-refractivity contribution is -0.871. The number of carbonyl (C=O) groups excluding carboxylic acids is 1. The Morgan fingerprint density at radius 3 is 2.46 bits per heavy atom. The van der Waals surface area contributed by atoms with Crippen molar-refractivity contribution >= 4 is 17.3 Å². The van der Waals surface area contributed by atoms with Gasteiger partial charge in [-0.05, 0) is 24.3 Å². The molecule has 1 unspecified atom stereocenters. The molecule has 0 saturated carbocycles. The lowest BCUT2D eigenvalue weighted by atomic mass is 10.3. The van der Waals surface area contributed by atoms with Crippen LogP contribution in [0.2, 0.25) is 0 Å². The fourth-order valence-electron chi connectivity index (χ4n) is 2.09. The first-order valence-electron chi connectivity index (χ1n) is 7.58. The van der Waals surface area contributed by atoms with Crippen LogP contribution in [0.15, 0.2) is 54.6 Å². The Morgan fingerprint density at radius 1 is 1.17 bits per heavy atom. The number of ether oxygens (including phenoxy) is 1. The number of nitrogens with zero attached hydrogens (tertiary/aromatic N) is 1. The third-order valence-electron chi connectivity index (χ3n) is 3.36. The number of hydrogen-bond acceptors (Lipinski definition) is 4. The van der Waals surface area contributed by atoms with Crippen LogP contribution >= 0.6 is 0 Å². The Hall–Kier alpha value is -2.93. The maximum Gasteiger partial charge on any atom is 0.279 e. The molecule has 0 aliphatic rings. The molecule has 0 aromatic heterocycles. The second kappa shape index (κ2) is 8.64. The average molecular weight is 330 g/mol. The number of nitro groups is 1. The van der Waals surface area contributed by atoms with Gasteiger partial charge >= 0.3 is 0 Å². The summed E-state index contributed by atoms with van der Waals surface area (Å²) in [5.41, 5.74) is 0.535. The highest BCUT2D eigenvalue weighted by Gasteiger charge is 2.11. The molecule has 1 atom stereocenters. The van der Waals surface area contributed by atoms with Crippen LogP contribution in [0.5, 0.6) is 5.75 Å². The molecule has 126 valence electrons. The normalized spacial score (nSPS) is 11.5. The molecule has 0 spiro atoms. The Balaban J connectivity index is 1.72. The number of para-hydroxylation sites is 1. The highest BCUT2D eigenvalue weighted by Crippen LogP contribution is 2.15.